The summed E-state index contributed by atoms with van der Waals surface area (Å²) in [6, 6.07) is 11.9. The molecule has 3 rings (SSSR count). The largest absolute Gasteiger partial charge is 0.402 e. The zero-order valence-electron chi connectivity index (χ0n) is 11.0. The van der Waals surface area contributed by atoms with Gasteiger partial charge in [0.05, 0.1) is 10.6 Å². The fraction of sp³-hybridized carbons (Fsp3) is 0. The molecule has 0 aromatic heterocycles. The van der Waals surface area contributed by atoms with Crippen LogP contribution in [0.4, 0.5) is 0 Å². The summed E-state index contributed by atoms with van der Waals surface area (Å²) in [5.74, 6) is -0.388. The third-order valence-corrected chi connectivity index (χ3v) is 3.72. The van der Waals surface area contributed by atoms with Gasteiger partial charge >= 0.3 is 5.97 Å². The third-order valence-electron chi connectivity index (χ3n) is 2.93. The van der Waals surface area contributed by atoms with Crippen LogP contribution in [0.2, 0.25) is 15.1 Å². The van der Waals surface area contributed by atoms with Gasteiger partial charge in [0.15, 0.2) is 5.70 Å². The Bertz CT molecular complexity index is 828. The summed E-state index contributed by atoms with van der Waals surface area (Å²) < 4.78 is 5.17. The maximum Gasteiger partial charge on any atom is 0.363 e. The molecule has 1 aliphatic heterocycles. The van der Waals surface area contributed by atoms with Crippen molar-refractivity contribution in [3.8, 4) is 0 Å². The van der Waals surface area contributed by atoms with E-state index in [2.05, 4.69) is 4.99 Å². The lowest BCUT2D eigenvalue weighted by atomic mass is 10.2. The SMILES string of the molecule is O=C1OC(c2ccc(Cl)cc2Cl)=N/C1=C\c1cccc(Cl)c1. The van der Waals surface area contributed by atoms with Crippen LogP contribution in [0.3, 0.4) is 0 Å². The van der Waals surface area contributed by atoms with Crippen LogP contribution >= 0.6 is 34.8 Å². The highest BCUT2D eigenvalue weighted by molar-refractivity contribution is 6.37. The van der Waals surface area contributed by atoms with Crippen molar-refractivity contribution in [1.29, 1.82) is 0 Å². The molecule has 0 saturated carbocycles. The Morgan fingerprint density at radius 2 is 1.77 bits per heavy atom. The molecule has 3 nitrogen and oxygen atoms in total. The van der Waals surface area contributed by atoms with E-state index < -0.39 is 5.97 Å². The van der Waals surface area contributed by atoms with Crippen LogP contribution in [0.15, 0.2) is 53.2 Å². The van der Waals surface area contributed by atoms with Crippen LogP contribution in [-0.2, 0) is 9.53 Å². The average Bonchev–Trinajstić information content (AvgIpc) is 2.80. The molecule has 0 fully saturated rings. The summed E-state index contributed by atoms with van der Waals surface area (Å²) in [7, 11) is 0. The summed E-state index contributed by atoms with van der Waals surface area (Å²) in [5.41, 5.74) is 1.45. The van der Waals surface area contributed by atoms with Crippen LogP contribution in [0.25, 0.3) is 6.08 Å². The normalized spacial score (nSPS) is 15.9. The Morgan fingerprint density at radius 1 is 1.00 bits per heavy atom. The number of cyclic esters (lactones) is 1. The number of carbonyl (C=O) groups excluding carboxylic acids is 1. The van der Waals surface area contributed by atoms with Crippen molar-refractivity contribution in [3.05, 3.63) is 74.4 Å². The van der Waals surface area contributed by atoms with Gasteiger partial charge in [-0.1, -0.05) is 46.9 Å². The standard InChI is InChI=1S/C16H8Cl3NO2/c17-10-3-1-2-9(6-10)7-14-16(21)22-15(20-14)12-5-4-11(18)8-13(12)19/h1-8H/b14-7-. The van der Waals surface area contributed by atoms with Crippen molar-refractivity contribution in [2.24, 2.45) is 4.99 Å². The Labute approximate surface area is 141 Å². The third kappa shape index (κ3) is 3.17. The van der Waals surface area contributed by atoms with Gasteiger partial charge in [0.2, 0.25) is 5.90 Å². The first-order valence-electron chi connectivity index (χ1n) is 6.26. The van der Waals surface area contributed by atoms with Crippen molar-refractivity contribution in [2.75, 3.05) is 0 Å². The van der Waals surface area contributed by atoms with E-state index in [4.69, 9.17) is 39.5 Å². The second kappa shape index (κ2) is 6.13. The second-order valence-electron chi connectivity index (χ2n) is 4.52. The molecule has 0 N–H and O–H groups in total. The van der Waals surface area contributed by atoms with Gasteiger partial charge in [-0.05, 0) is 42.0 Å². The van der Waals surface area contributed by atoms with Crippen LogP contribution in [-0.4, -0.2) is 11.9 Å². The summed E-state index contributed by atoms with van der Waals surface area (Å²) in [6.45, 7) is 0. The molecule has 0 atom stereocenters. The van der Waals surface area contributed by atoms with Gasteiger partial charge in [0.25, 0.3) is 0 Å². The number of rotatable bonds is 2. The number of esters is 1. The summed E-state index contributed by atoms with van der Waals surface area (Å²) in [4.78, 5) is 16.1. The van der Waals surface area contributed by atoms with Crippen LogP contribution in [0.5, 0.6) is 0 Å². The minimum absolute atomic E-state index is 0.153. The Morgan fingerprint density at radius 3 is 2.50 bits per heavy atom. The van der Waals surface area contributed by atoms with Crippen molar-refractivity contribution in [3.63, 3.8) is 0 Å². The zero-order chi connectivity index (χ0) is 15.7. The average molecular weight is 353 g/mol. The van der Waals surface area contributed by atoms with E-state index in [-0.39, 0.29) is 11.6 Å². The Hall–Kier alpha value is -1.81. The molecule has 6 heteroatoms. The number of hydrogen-bond donors (Lipinski definition) is 0. The van der Waals surface area contributed by atoms with E-state index >= 15 is 0 Å². The maximum atomic E-state index is 11.9. The molecule has 0 aliphatic carbocycles. The van der Waals surface area contributed by atoms with E-state index in [9.17, 15) is 4.79 Å². The van der Waals surface area contributed by atoms with Gasteiger partial charge in [-0.25, -0.2) is 9.79 Å². The highest BCUT2D eigenvalue weighted by Crippen LogP contribution is 2.26. The first-order chi connectivity index (χ1) is 10.5. The zero-order valence-corrected chi connectivity index (χ0v) is 13.3. The van der Waals surface area contributed by atoms with Gasteiger partial charge in [-0.2, -0.15) is 0 Å². The van der Waals surface area contributed by atoms with E-state index in [0.29, 0.717) is 20.6 Å². The van der Waals surface area contributed by atoms with E-state index in [0.717, 1.165) is 5.56 Å². The van der Waals surface area contributed by atoms with Crippen molar-refractivity contribution < 1.29 is 9.53 Å². The van der Waals surface area contributed by atoms with Gasteiger partial charge in [-0.15, -0.1) is 0 Å². The molecular formula is C16H8Cl3NO2. The molecule has 0 spiro atoms. The van der Waals surface area contributed by atoms with Gasteiger partial charge in [0.1, 0.15) is 0 Å². The van der Waals surface area contributed by atoms with Gasteiger partial charge < -0.3 is 4.74 Å². The smallest absolute Gasteiger partial charge is 0.363 e. The molecule has 0 saturated heterocycles. The quantitative estimate of drug-likeness (QED) is 0.564. The Balaban J connectivity index is 1.98. The molecule has 0 bridgehead atoms. The predicted octanol–water partition coefficient (Wildman–Crippen LogP) is 4.99. The lowest BCUT2D eigenvalue weighted by Gasteiger charge is -2.02. The first-order valence-corrected chi connectivity index (χ1v) is 7.40. The molecule has 0 radical (unpaired) electrons. The Kier molecular flexibility index (Phi) is 4.21. The summed E-state index contributed by atoms with van der Waals surface area (Å²) in [6.07, 6.45) is 1.60. The first kappa shape index (κ1) is 15.1. The van der Waals surface area contributed by atoms with E-state index in [1.54, 1.807) is 42.5 Å². The fourth-order valence-electron chi connectivity index (χ4n) is 1.94. The minimum atomic E-state index is -0.541. The van der Waals surface area contributed by atoms with Crippen LogP contribution in [0, 0.1) is 0 Å². The van der Waals surface area contributed by atoms with E-state index in [1.165, 1.54) is 0 Å². The van der Waals surface area contributed by atoms with E-state index in [1.807, 2.05) is 6.07 Å². The number of carbonyl (C=O) groups is 1. The fourth-order valence-corrected chi connectivity index (χ4v) is 2.63. The van der Waals surface area contributed by atoms with Crippen molar-refractivity contribution in [1.82, 2.24) is 0 Å². The van der Waals surface area contributed by atoms with Crippen LogP contribution in [0.1, 0.15) is 11.1 Å². The second-order valence-corrected chi connectivity index (χ2v) is 5.80. The molecule has 0 unspecified atom stereocenters. The lowest BCUT2D eigenvalue weighted by Crippen LogP contribution is -2.05. The highest BCUT2D eigenvalue weighted by Gasteiger charge is 2.25. The van der Waals surface area contributed by atoms with Crippen LogP contribution < -0.4 is 0 Å². The minimum Gasteiger partial charge on any atom is -0.402 e. The predicted molar refractivity (Wildman–Crippen MR) is 88.5 cm³/mol. The number of aliphatic imine (C=N–C) groups is 1. The molecule has 2 aromatic carbocycles. The highest BCUT2D eigenvalue weighted by atomic mass is 35.5. The summed E-state index contributed by atoms with van der Waals surface area (Å²) >= 11 is 17.9. The van der Waals surface area contributed by atoms with Crippen molar-refractivity contribution in [2.45, 2.75) is 0 Å². The topological polar surface area (TPSA) is 38.7 Å². The number of nitrogens with zero attached hydrogens (tertiary/aromatic N) is 1. The lowest BCUT2D eigenvalue weighted by molar-refractivity contribution is -0.129. The van der Waals surface area contributed by atoms with Gasteiger partial charge in [-0.3, -0.25) is 0 Å². The molecule has 1 aliphatic rings. The number of benzene rings is 2. The molecule has 0 amide bonds. The number of ether oxygens (including phenoxy) is 1. The molecular weight excluding hydrogens is 345 g/mol. The summed E-state index contributed by atoms with van der Waals surface area (Å²) in [5, 5.41) is 1.43. The molecule has 22 heavy (non-hydrogen) atoms. The molecule has 2 aromatic rings. The van der Waals surface area contributed by atoms with Crippen molar-refractivity contribution >= 4 is 52.7 Å². The number of hydrogen-bond acceptors (Lipinski definition) is 3. The molecule has 1 heterocycles. The van der Waals surface area contributed by atoms with Gasteiger partial charge in [0, 0.05) is 10.0 Å². The maximum absolute atomic E-state index is 11.9. The molecule has 110 valence electrons. The number of halogens is 3. The monoisotopic (exact) mass is 351 g/mol.